The topological polar surface area (TPSA) is 87.5 Å². The molecular weight excluding hydrogens is 428 g/mol. The molecule has 164 valence electrons. The summed E-state index contributed by atoms with van der Waals surface area (Å²) in [5.41, 5.74) is 3.13. The Labute approximate surface area is 191 Å². The third-order valence-corrected chi connectivity index (χ3v) is 5.74. The van der Waals surface area contributed by atoms with Crippen LogP contribution in [-0.2, 0) is 9.47 Å². The molecule has 0 spiro atoms. The highest BCUT2D eigenvalue weighted by Crippen LogP contribution is 2.33. The normalized spacial score (nSPS) is 14.6. The Hall–Kier alpha value is -3.34. The number of benzene rings is 2. The van der Waals surface area contributed by atoms with E-state index in [0.717, 1.165) is 11.4 Å². The molecule has 1 atom stereocenters. The molecular formula is C24H23ClN4O3. The van der Waals surface area contributed by atoms with E-state index in [0.29, 0.717) is 59.0 Å². The van der Waals surface area contributed by atoms with Crippen molar-refractivity contribution in [2.75, 3.05) is 43.6 Å². The van der Waals surface area contributed by atoms with E-state index in [9.17, 15) is 10.1 Å². The van der Waals surface area contributed by atoms with Gasteiger partial charge in [0, 0.05) is 34.7 Å². The zero-order valence-electron chi connectivity index (χ0n) is 17.9. The van der Waals surface area contributed by atoms with E-state index in [4.69, 9.17) is 26.1 Å². The van der Waals surface area contributed by atoms with Crippen LogP contribution in [0, 0.1) is 11.3 Å². The highest BCUT2D eigenvalue weighted by atomic mass is 35.5. The number of esters is 1. The molecule has 1 aliphatic heterocycles. The fourth-order valence-electron chi connectivity index (χ4n) is 3.89. The molecule has 4 rings (SSSR count). The van der Waals surface area contributed by atoms with Crippen LogP contribution in [0.4, 0.5) is 11.5 Å². The number of aromatic nitrogens is 1. The smallest absolute Gasteiger partial charge is 0.339 e. The molecule has 0 saturated carbocycles. The minimum absolute atomic E-state index is 0.249. The second-order valence-electron chi connectivity index (χ2n) is 7.53. The monoisotopic (exact) mass is 450 g/mol. The number of nitriles is 1. The third kappa shape index (κ3) is 4.33. The number of hydrogen-bond acceptors (Lipinski definition) is 7. The lowest BCUT2D eigenvalue weighted by molar-refractivity contribution is 0.0602. The number of ether oxygens (including phenoxy) is 2. The van der Waals surface area contributed by atoms with Crippen molar-refractivity contribution in [2.45, 2.75) is 13.0 Å². The SMILES string of the molecule is COC(=O)c1ccccc1NC(C)c1cc(Cl)cc2c(C#N)cc(N3CCOCC3)nc12. The maximum Gasteiger partial charge on any atom is 0.339 e. The number of pyridine rings is 1. The van der Waals surface area contributed by atoms with Crippen molar-refractivity contribution in [3.8, 4) is 6.07 Å². The highest BCUT2D eigenvalue weighted by molar-refractivity contribution is 6.31. The maximum absolute atomic E-state index is 12.2. The summed E-state index contributed by atoms with van der Waals surface area (Å²) in [4.78, 5) is 19.2. The first-order valence-corrected chi connectivity index (χ1v) is 10.7. The number of carbonyl (C=O) groups is 1. The molecule has 1 aliphatic rings. The zero-order chi connectivity index (χ0) is 22.7. The minimum atomic E-state index is -0.421. The molecule has 0 amide bonds. The molecule has 0 radical (unpaired) electrons. The lowest BCUT2D eigenvalue weighted by atomic mass is 10.00. The largest absolute Gasteiger partial charge is 0.465 e. The first-order chi connectivity index (χ1) is 15.5. The van der Waals surface area contributed by atoms with E-state index in [2.05, 4.69) is 16.3 Å². The Bertz CT molecular complexity index is 1200. The quantitative estimate of drug-likeness (QED) is 0.570. The summed E-state index contributed by atoms with van der Waals surface area (Å²) in [5, 5.41) is 14.4. The first kappa shape index (κ1) is 21.9. The third-order valence-electron chi connectivity index (χ3n) is 5.52. The second kappa shape index (κ2) is 9.43. The number of carbonyl (C=O) groups excluding carboxylic acids is 1. The van der Waals surface area contributed by atoms with Gasteiger partial charge in [-0.15, -0.1) is 0 Å². The Kier molecular flexibility index (Phi) is 6.45. The molecule has 7 nitrogen and oxygen atoms in total. The molecule has 2 heterocycles. The van der Waals surface area contributed by atoms with Gasteiger partial charge >= 0.3 is 5.97 Å². The Morgan fingerprint density at radius 2 is 2.03 bits per heavy atom. The molecule has 1 saturated heterocycles. The number of methoxy groups -OCH3 is 1. The number of halogens is 1. The van der Waals surface area contributed by atoms with E-state index in [-0.39, 0.29) is 6.04 Å². The lowest BCUT2D eigenvalue weighted by Gasteiger charge is -2.28. The summed E-state index contributed by atoms with van der Waals surface area (Å²) in [6, 6.07) is 14.6. The molecule has 0 bridgehead atoms. The van der Waals surface area contributed by atoms with Crippen LogP contribution >= 0.6 is 11.6 Å². The predicted octanol–water partition coefficient (Wildman–Crippen LogP) is 4.56. The number of rotatable bonds is 5. The van der Waals surface area contributed by atoms with Gasteiger partial charge in [0.2, 0.25) is 0 Å². The van der Waals surface area contributed by atoms with Gasteiger partial charge in [-0.25, -0.2) is 9.78 Å². The van der Waals surface area contributed by atoms with Crippen LogP contribution in [0.2, 0.25) is 5.02 Å². The molecule has 3 aromatic rings. The van der Waals surface area contributed by atoms with Gasteiger partial charge in [-0.05, 0) is 37.3 Å². The van der Waals surface area contributed by atoms with Gasteiger partial charge in [0.25, 0.3) is 0 Å². The molecule has 8 heteroatoms. The van der Waals surface area contributed by atoms with Gasteiger partial charge in [0.15, 0.2) is 0 Å². The molecule has 1 N–H and O–H groups in total. The summed E-state index contributed by atoms with van der Waals surface area (Å²) in [7, 11) is 1.35. The predicted molar refractivity (Wildman–Crippen MR) is 124 cm³/mol. The first-order valence-electron chi connectivity index (χ1n) is 10.3. The number of anilines is 2. The fourth-order valence-corrected chi connectivity index (χ4v) is 4.12. The van der Waals surface area contributed by atoms with Gasteiger partial charge in [-0.2, -0.15) is 5.26 Å². The number of fused-ring (bicyclic) bond motifs is 1. The Morgan fingerprint density at radius 1 is 1.28 bits per heavy atom. The van der Waals surface area contributed by atoms with Gasteiger partial charge in [0.1, 0.15) is 5.82 Å². The number of nitrogens with one attached hydrogen (secondary N) is 1. The van der Waals surface area contributed by atoms with Gasteiger partial charge in [0.05, 0.1) is 49.1 Å². The van der Waals surface area contributed by atoms with Crippen molar-refractivity contribution in [2.24, 2.45) is 0 Å². The summed E-state index contributed by atoms with van der Waals surface area (Å²) in [5.74, 6) is 0.318. The van der Waals surface area contributed by atoms with Crippen molar-refractivity contribution in [1.29, 1.82) is 5.26 Å². The van der Waals surface area contributed by atoms with Crippen LogP contribution in [0.1, 0.15) is 34.5 Å². The van der Waals surface area contributed by atoms with E-state index < -0.39 is 5.97 Å². The lowest BCUT2D eigenvalue weighted by Crippen LogP contribution is -2.36. The van der Waals surface area contributed by atoms with Crippen molar-refractivity contribution in [1.82, 2.24) is 4.98 Å². The summed E-state index contributed by atoms with van der Waals surface area (Å²) >= 11 is 6.43. The summed E-state index contributed by atoms with van der Waals surface area (Å²) in [6.07, 6.45) is 0. The molecule has 2 aromatic carbocycles. The van der Waals surface area contributed by atoms with Gasteiger partial charge in [-0.1, -0.05) is 23.7 Å². The molecule has 1 fully saturated rings. The van der Waals surface area contributed by atoms with Crippen LogP contribution in [-0.4, -0.2) is 44.4 Å². The van der Waals surface area contributed by atoms with Crippen molar-refractivity contribution < 1.29 is 14.3 Å². The van der Waals surface area contributed by atoms with Gasteiger partial charge in [-0.3, -0.25) is 0 Å². The van der Waals surface area contributed by atoms with Crippen molar-refractivity contribution in [3.05, 3.63) is 64.2 Å². The second-order valence-corrected chi connectivity index (χ2v) is 7.97. The van der Waals surface area contributed by atoms with E-state index in [1.54, 1.807) is 24.3 Å². The number of nitrogens with zero attached hydrogens (tertiary/aromatic N) is 3. The average molecular weight is 451 g/mol. The van der Waals surface area contributed by atoms with E-state index >= 15 is 0 Å². The Balaban J connectivity index is 1.80. The summed E-state index contributed by atoms with van der Waals surface area (Å²) < 4.78 is 10.4. The van der Waals surface area contributed by atoms with Crippen LogP contribution in [0.15, 0.2) is 42.5 Å². The Morgan fingerprint density at radius 3 is 2.75 bits per heavy atom. The summed E-state index contributed by atoms with van der Waals surface area (Å²) in [6.45, 7) is 4.64. The number of hydrogen-bond donors (Lipinski definition) is 1. The van der Waals surface area contributed by atoms with Crippen LogP contribution in [0.25, 0.3) is 10.9 Å². The minimum Gasteiger partial charge on any atom is -0.465 e. The zero-order valence-corrected chi connectivity index (χ0v) is 18.6. The van der Waals surface area contributed by atoms with E-state index in [1.165, 1.54) is 7.11 Å². The molecule has 32 heavy (non-hydrogen) atoms. The number of morpholine rings is 1. The molecule has 1 aromatic heterocycles. The van der Waals surface area contributed by atoms with Crippen LogP contribution in [0.5, 0.6) is 0 Å². The molecule has 0 aliphatic carbocycles. The maximum atomic E-state index is 12.2. The van der Waals surface area contributed by atoms with E-state index in [1.807, 2.05) is 25.1 Å². The molecule has 1 unspecified atom stereocenters. The van der Waals surface area contributed by atoms with Crippen molar-refractivity contribution >= 4 is 40.0 Å². The highest BCUT2D eigenvalue weighted by Gasteiger charge is 2.20. The standard InChI is InChI=1S/C24H23ClN4O3/c1-15(27-21-6-4-3-5-18(21)24(30)31-2)19-12-17(25)13-20-16(14-26)11-22(28-23(19)20)29-7-9-32-10-8-29/h3-6,11-13,15,27H,7-10H2,1-2H3. The van der Waals surface area contributed by atoms with Crippen LogP contribution in [0.3, 0.4) is 0 Å². The average Bonchev–Trinajstić information content (AvgIpc) is 2.83. The van der Waals surface area contributed by atoms with Crippen LogP contribution < -0.4 is 10.2 Å². The number of para-hydroxylation sites is 1. The van der Waals surface area contributed by atoms with Gasteiger partial charge < -0.3 is 19.7 Å². The fraction of sp³-hybridized carbons (Fsp3) is 0.292. The van der Waals surface area contributed by atoms with Crippen molar-refractivity contribution in [3.63, 3.8) is 0 Å².